The van der Waals surface area contributed by atoms with Crippen LogP contribution in [0, 0.1) is 0 Å². The van der Waals surface area contributed by atoms with Crippen LogP contribution < -0.4 is 10.1 Å². The highest BCUT2D eigenvalue weighted by Gasteiger charge is 2.10. The molecule has 2 aromatic rings. The minimum Gasteiger partial charge on any atom is -0.496 e. The number of para-hydroxylation sites is 1. The Morgan fingerprint density at radius 3 is 2.90 bits per heavy atom. The minimum atomic E-state index is 0.444. The summed E-state index contributed by atoms with van der Waals surface area (Å²) < 4.78 is 10.6. The van der Waals surface area contributed by atoms with Crippen molar-refractivity contribution < 1.29 is 9.26 Å². The molecule has 0 spiro atoms. The van der Waals surface area contributed by atoms with Gasteiger partial charge in [-0.1, -0.05) is 30.3 Å². The maximum absolute atomic E-state index is 5.32. The third-order valence-electron chi connectivity index (χ3n) is 3.27. The Morgan fingerprint density at radius 2 is 2.15 bits per heavy atom. The molecule has 0 aliphatic heterocycles. The molecule has 1 atom stereocenters. The van der Waals surface area contributed by atoms with E-state index >= 15 is 0 Å². The highest BCUT2D eigenvalue weighted by molar-refractivity contribution is 5.35. The number of hydrogen-bond donors (Lipinski definition) is 1. The van der Waals surface area contributed by atoms with E-state index in [0.717, 1.165) is 17.7 Å². The second kappa shape index (κ2) is 7.05. The molecule has 0 bridgehead atoms. The molecule has 1 N–H and O–H groups in total. The second-order valence-corrected chi connectivity index (χ2v) is 4.78. The zero-order valence-electron chi connectivity index (χ0n) is 12.2. The fraction of sp³-hybridized carbons (Fsp3) is 0.467. The number of methoxy groups -OCH3 is 1. The molecule has 1 unspecified atom stereocenters. The van der Waals surface area contributed by atoms with Crippen molar-refractivity contribution in [1.82, 2.24) is 15.5 Å². The summed E-state index contributed by atoms with van der Waals surface area (Å²) in [6.45, 7) is 4.87. The minimum absolute atomic E-state index is 0.444. The van der Waals surface area contributed by atoms with Crippen LogP contribution in [0.3, 0.4) is 0 Å². The number of benzene rings is 1. The van der Waals surface area contributed by atoms with E-state index in [1.807, 2.05) is 24.3 Å². The van der Waals surface area contributed by atoms with Crippen molar-refractivity contribution in [3.8, 4) is 5.75 Å². The second-order valence-electron chi connectivity index (χ2n) is 4.78. The summed E-state index contributed by atoms with van der Waals surface area (Å²) >= 11 is 0. The standard InChI is InChI=1S/C15H21N3O2/c1-4-11(2)16-10-15-17-14(18-20-15)9-12-7-5-6-8-13(12)19-3/h5-8,11,16H,4,9-10H2,1-3H3. The normalized spacial score (nSPS) is 12.3. The van der Waals surface area contributed by atoms with Crippen LogP contribution >= 0.6 is 0 Å². The molecule has 1 aromatic carbocycles. The highest BCUT2D eigenvalue weighted by Crippen LogP contribution is 2.19. The highest BCUT2D eigenvalue weighted by atomic mass is 16.5. The maximum Gasteiger partial charge on any atom is 0.240 e. The molecule has 0 amide bonds. The zero-order valence-corrected chi connectivity index (χ0v) is 12.2. The van der Waals surface area contributed by atoms with Gasteiger partial charge in [0, 0.05) is 18.0 Å². The average molecular weight is 275 g/mol. The number of nitrogens with one attached hydrogen (secondary N) is 1. The van der Waals surface area contributed by atoms with Gasteiger partial charge in [-0.2, -0.15) is 4.98 Å². The van der Waals surface area contributed by atoms with Crippen LogP contribution in [0.25, 0.3) is 0 Å². The molecular weight excluding hydrogens is 254 g/mol. The van der Waals surface area contributed by atoms with Gasteiger partial charge in [-0.15, -0.1) is 0 Å². The van der Waals surface area contributed by atoms with E-state index in [1.54, 1.807) is 7.11 Å². The van der Waals surface area contributed by atoms with Crippen LogP contribution in [0.1, 0.15) is 37.5 Å². The van der Waals surface area contributed by atoms with Crippen molar-refractivity contribution >= 4 is 0 Å². The third kappa shape index (κ3) is 3.81. The van der Waals surface area contributed by atoms with E-state index in [0.29, 0.717) is 30.7 Å². The first-order chi connectivity index (χ1) is 9.72. The van der Waals surface area contributed by atoms with E-state index in [2.05, 4.69) is 29.3 Å². The van der Waals surface area contributed by atoms with E-state index in [9.17, 15) is 0 Å². The summed E-state index contributed by atoms with van der Waals surface area (Å²) in [7, 11) is 1.66. The first-order valence-corrected chi connectivity index (χ1v) is 6.89. The van der Waals surface area contributed by atoms with E-state index in [1.165, 1.54) is 0 Å². The van der Waals surface area contributed by atoms with Crippen LogP contribution in [0.15, 0.2) is 28.8 Å². The quantitative estimate of drug-likeness (QED) is 0.841. The molecule has 0 fully saturated rings. The van der Waals surface area contributed by atoms with Crippen molar-refractivity contribution in [2.24, 2.45) is 0 Å². The number of rotatable bonds is 7. The molecule has 1 aromatic heterocycles. The summed E-state index contributed by atoms with van der Waals surface area (Å²) in [5.74, 6) is 2.14. The lowest BCUT2D eigenvalue weighted by molar-refractivity contribution is 0.354. The Balaban J connectivity index is 1.99. The van der Waals surface area contributed by atoms with Crippen molar-refractivity contribution in [3.05, 3.63) is 41.5 Å². The molecule has 0 saturated heterocycles. The number of ether oxygens (including phenoxy) is 1. The van der Waals surface area contributed by atoms with Gasteiger partial charge >= 0.3 is 0 Å². The van der Waals surface area contributed by atoms with Crippen molar-refractivity contribution in [2.75, 3.05) is 7.11 Å². The summed E-state index contributed by atoms with van der Waals surface area (Å²) in [5, 5.41) is 7.34. The number of aromatic nitrogens is 2. The van der Waals surface area contributed by atoms with Gasteiger partial charge in [0.25, 0.3) is 0 Å². The Hall–Kier alpha value is -1.88. The lowest BCUT2D eigenvalue weighted by Crippen LogP contribution is -2.24. The maximum atomic E-state index is 5.32. The zero-order chi connectivity index (χ0) is 14.4. The van der Waals surface area contributed by atoms with Crippen LogP contribution in [0.4, 0.5) is 0 Å². The SMILES string of the molecule is CCC(C)NCc1nc(Cc2ccccc2OC)no1. The van der Waals surface area contributed by atoms with Crippen LogP contribution in [0.5, 0.6) is 5.75 Å². The van der Waals surface area contributed by atoms with Crippen LogP contribution in [0.2, 0.25) is 0 Å². The molecule has 1 heterocycles. The molecule has 0 radical (unpaired) electrons. The molecule has 2 rings (SSSR count). The predicted molar refractivity (Wildman–Crippen MR) is 76.7 cm³/mol. The lowest BCUT2D eigenvalue weighted by atomic mass is 10.1. The first kappa shape index (κ1) is 14.5. The van der Waals surface area contributed by atoms with E-state index in [-0.39, 0.29) is 0 Å². The van der Waals surface area contributed by atoms with E-state index < -0.39 is 0 Å². The summed E-state index contributed by atoms with van der Waals surface area (Å²) in [5.41, 5.74) is 1.05. The van der Waals surface area contributed by atoms with E-state index in [4.69, 9.17) is 9.26 Å². The van der Waals surface area contributed by atoms with Crippen molar-refractivity contribution in [3.63, 3.8) is 0 Å². The van der Waals surface area contributed by atoms with Crippen molar-refractivity contribution in [2.45, 2.75) is 39.3 Å². The van der Waals surface area contributed by atoms with Crippen LogP contribution in [-0.2, 0) is 13.0 Å². The molecule has 0 aliphatic rings. The van der Waals surface area contributed by atoms with Gasteiger partial charge in [0.2, 0.25) is 5.89 Å². The predicted octanol–water partition coefficient (Wildman–Crippen LogP) is 2.56. The van der Waals surface area contributed by atoms with Gasteiger partial charge in [-0.3, -0.25) is 0 Å². The van der Waals surface area contributed by atoms with Gasteiger partial charge in [-0.25, -0.2) is 0 Å². The summed E-state index contributed by atoms with van der Waals surface area (Å²) in [4.78, 5) is 4.39. The molecule has 108 valence electrons. The van der Waals surface area contributed by atoms with Gasteiger partial charge in [0.15, 0.2) is 5.82 Å². The summed E-state index contributed by atoms with van der Waals surface area (Å²) in [6.07, 6.45) is 1.68. The molecule has 0 aliphatic carbocycles. The van der Waals surface area contributed by atoms with Gasteiger partial charge in [-0.05, 0) is 19.4 Å². The summed E-state index contributed by atoms with van der Waals surface area (Å²) in [6, 6.07) is 8.30. The Bertz CT molecular complexity index is 539. The monoisotopic (exact) mass is 275 g/mol. The average Bonchev–Trinajstić information content (AvgIpc) is 2.93. The molecule has 5 nitrogen and oxygen atoms in total. The largest absolute Gasteiger partial charge is 0.496 e. The Labute approximate surface area is 119 Å². The molecule has 0 saturated carbocycles. The van der Waals surface area contributed by atoms with Crippen molar-refractivity contribution in [1.29, 1.82) is 0 Å². The topological polar surface area (TPSA) is 60.2 Å². The Morgan fingerprint density at radius 1 is 1.35 bits per heavy atom. The van der Waals surface area contributed by atoms with Gasteiger partial charge in [0.05, 0.1) is 13.7 Å². The lowest BCUT2D eigenvalue weighted by Gasteiger charge is -2.07. The first-order valence-electron chi connectivity index (χ1n) is 6.89. The Kier molecular flexibility index (Phi) is 5.12. The molecule has 5 heteroatoms. The number of nitrogens with zero attached hydrogens (tertiary/aromatic N) is 2. The van der Waals surface area contributed by atoms with Gasteiger partial charge < -0.3 is 14.6 Å². The van der Waals surface area contributed by atoms with Gasteiger partial charge in [0.1, 0.15) is 5.75 Å². The molecular formula is C15H21N3O2. The van der Waals surface area contributed by atoms with Crippen LogP contribution in [-0.4, -0.2) is 23.3 Å². The third-order valence-corrected chi connectivity index (χ3v) is 3.27. The number of hydrogen-bond acceptors (Lipinski definition) is 5. The molecule has 20 heavy (non-hydrogen) atoms. The fourth-order valence-electron chi connectivity index (χ4n) is 1.86. The smallest absolute Gasteiger partial charge is 0.240 e. The fourth-order valence-corrected chi connectivity index (χ4v) is 1.86.